The Balaban J connectivity index is 2.45. The molecule has 0 saturated carbocycles. The molecule has 1 fully saturated rings. The minimum atomic E-state index is -0.514. The highest BCUT2D eigenvalue weighted by Gasteiger charge is 2.37. The summed E-state index contributed by atoms with van der Waals surface area (Å²) in [4.78, 5) is 14.6. The smallest absolute Gasteiger partial charge is 0.246 e. The van der Waals surface area contributed by atoms with E-state index >= 15 is 0 Å². The van der Waals surface area contributed by atoms with E-state index in [1.165, 1.54) is 0 Å². The average Bonchev–Trinajstić information content (AvgIpc) is 2.39. The van der Waals surface area contributed by atoms with E-state index < -0.39 is 5.54 Å². The van der Waals surface area contributed by atoms with E-state index in [1.807, 2.05) is 43.0 Å². The molecule has 1 aromatic rings. The molecule has 1 heterocycles. The Morgan fingerprint density at radius 3 is 2.72 bits per heavy atom. The first kappa shape index (κ1) is 13.6. The molecule has 98 valence electrons. The molecule has 1 aliphatic heterocycles. The standard InChI is InChI=1S/C14H19BrN2O/c1-10-8-9-16-14(2,3)13(18)17(10)12-7-5-4-6-11(12)15/h4-7,10,16H,8-9H2,1-3H3. The predicted molar refractivity (Wildman–Crippen MR) is 77.8 cm³/mol. The zero-order valence-corrected chi connectivity index (χ0v) is 12.6. The highest BCUT2D eigenvalue weighted by Crippen LogP contribution is 2.31. The first-order valence-corrected chi connectivity index (χ1v) is 7.06. The van der Waals surface area contributed by atoms with Crippen molar-refractivity contribution in [2.75, 3.05) is 11.4 Å². The number of amides is 1. The van der Waals surface area contributed by atoms with E-state index in [1.54, 1.807) is 0 Å². The van der Waals surface area contributed by atoms with Crippen molar-refractivity contribution in [3.8, 4) is 0 Å². The van der Waals surface area contributed by atoms with Crippen LogP contribution in [-0.2, 0) is 4.79 Å². The quantitative estimate of drug-likeness (QED) is 0.865. The Bertz CT molecular complexity index is 459. The van der Waals surface area contributed by atoms with Crippen molar-refractivity contribution >= 4 is 27.5 Å². The number of anilines is 1. The van der Waals surface area contributed by atoms with Crippen LogP contribution in [0.5, 0.6) is 0 Å². The molecule has 4 heteroatoms. The number of rotatable bonds is 1. The lowest BCUT2D eigenvalue weighted by molar-refractivity contribution is -0.123. The van der Waals surface area contributed by atoms with Crippen LogP contribution in [0.25, 0.3) is 0 Å². The van der Waals surface area contributed by atoms with Crippen molar-refractivity contribution in [1.82, 2.24) is 5.32 Å². The second kappa shape index (κ2) is 5.02. The number of nitrogens with one attached hydrogen (secondary N) is 1. The molecule has 1 atom stereocenters. The summed E-state index contributed by atoms with van der Waals surface area (Å²) in [5.41, 5.74) is 0.437. The fourth-order valence-electron chi connectivity index (χ4n) is 2.29. The lowest BCUT2D eigenvalue weighted by Crippen LogP contribution is -2.53. The Morgan fingerprint density at radius 2 is 2.06 bits per heavy atom. The number of carbonyl (C=O) groups excluding carboxylic acids is 1. The fourth-order valence-corrected chi connectivity index (χ4v) is 2.77. The zero-order chi connectivity index (χ0) is 13.3. The Morgan fingerprint density at radius 1 is 1.39 bits per heavy atom. The molecule has 18 heavy (non-hydrogen) atoms. The van der Waals surface area contributed by atoms with Crippen LogP contribution in [0.15, 0.2) is 28.7 Å². The first-order valence-electron chi connectivity index (χ1n) is 6.27. The molecule has 1 N–H and O–H groups in total. The van der Waals surface area contributed by atoms with Crippen LogP contribution in [-0.4, -0.2) is 24.0 Å². The topological polar surface area (TPSA) is 32.3 Å². The van der Waals surface area contributed by atoms with Crippen LogP contribution < -0.4 is 10.2 Å². The van der Waals surface area contributed by atoms with Gasteiger partial charge in [-0.15, -0.1) is 0 Å². The van der Waals surface area contributed by atoms with Gasteiger partial charge in [-0.2, -0.15) is 0 Å². The number of benzene rings is 1. The number of nitrogens with zero attached hydrogens (tertiary/aromatic N) is 1. The Hall–Kier alpha value is -0.870. The summed E-state index contributed by atoms with van der Waals surface area (Å²) in [5, 5.41) is 3.31. The molecule has 1 saturated heterocycles. The van der Waals surface area contributed by atoms with Crippen molar-refractivity contribution < 1.29 is 4.79 Å². The molecule has 0 radical (unpaired) electrons. The number of halogens is 1. The molecular formula is C14H19BrN2O. The third-order valence-electron chi connectivity index (χ3n) is 3.44. The molecule has 0 aromatic heterocycles. The molecule has 1 unspecified atom stereocenters. The molecule has 0 aliphatic carbocycles. The largest absolute Gasteiger partial charge is 0.307 e. The number of hydrogen-bond donors (Lipinski definition) is 1. The van der Waals surface area contributed by atoms with Gasteiger partial charge < -0.3 is 10.2 Å². The van der Waals surface area contributed by atoms with Crippen molar-refractivity contribution in [1.29, 1.82) is 0 Å². The second-order valence-electron chi connectivity index (χ2n) is 5.32. The van der Waals surface area contributed by atoms with Crippen LogP contribution in [0, 0.1) is 0 Å². The Labute approximate surface area is 117 Å². The van der Waals surface area contributed by atoms with Gasteiger partial charge >= 0.3 is 0 Å². The third kappa shape index (κ3) is 2.45. The van der Waals surface area contributed by atoms with E-state index in [4.69, 9.17) is 0 Å². The summed E-state index contributed by atoms with van der Waals surface area (Å²) >= 11 is 3.54. The average molecular weight is 311 g/mol. The van der Waals surface area contributed by atoms with Crippen molar-refractivity contribution in [3.05, 3.63) is 28.7 Å². The molecular weight excluding hydrogens is 292 g/mol. The van der Waals surface area contributed by atoms with Crippen molar-refractivity contribution in [2.45, 2.75) is 38.8 Å². The first-order chi connectivity index (χ1) is 8.43. The van der Waals surface area contributed by atoms with Crippen molar-refractivity contribution in [2.24, 2.45) is 0 Å². The molecule has 1 aliphatic rings. The molecule has 2 rings (SSSR count). The lowest BCUT2D eigenvalue weighted by Gasteiger charge is -2.33. The SMILES string of the molecule is CC1CCNC(C)(C)C(=O)N1c1ccccc1Br. The molecule has 3 nitrogen and oxygen atoms in total. The maximum atomic E-state index is 12.7. The van der Waals surface area contributed by atoms with E-state index in [2.05, 4.69) is 28.2 Å². The van der Waals surface area contributed by atoms with E-state index in [0.29, 0.717) is 0 Å². The van der Waals surface area contributed by atoms with Gasteiger partial charge in [-0.3, -0.25) is 4.79 Å². The van der Waals surface area contributed by atoms with E-state index in [0.717, 1.165) is 23.1 Å². The minimum absolute atomic E-state index is 0.124. The lowest BCUT2D eigenvalue weighted by atomic mass is 10.0. The summed E-state index contributed by atoms with van der Waals surface area (Å²) in [5.74, 6) is 0.124. The third-order valence-corrected chi connectivity index (χ3v) is 4.11. The molecule has 0 spiro atoms. The van der Waals surface area contributed by atoms with Crippen molar-refractivity contribution in [3.63, 3.8) is 0 Å². The van der Waals surface area contributed by atoms with Crippen LogP contribution in [0.4, 0.5) is 5.69 Å². The summed E-state index contributed by atoms with van der Waals surface area (Å²) in [6.07, 6.45) is 0.955. The predicted octanol–water partition coefficient (Wildman–Crippen LogP) is 2.94. The monoisotopic (exact) mass is 310 g/mol. The summed E-state index contributed by atoms with van der Waals surface area (Å²) in [7, 11) is 0. The van der Waals surface area contributed by atoms with E-state index in [9.17, 15) is 4.79 Å². The van der Waals surface area contributed by atoms with Crippen LogP contribution in [0.3, 0.4) is 0 Å². The Kier molecular flexibility index (Phi) is 3.78. The number of hydrogen-bond acceptors (Lipinski definition) is 2. The minimum Gasteiger partial charge on any atom is -0.307 e. The fraction of sp³-hybridized carbons (Fsp3) is 0.500. The van der Waals surface area contributed by atoms with Gasteiger partial charge in [0.05, 0.1) is 11.2 Å². The summed E-state index contributed by atoms with van der Waals surface area (Å²) in [6.45, 7) is 6.84. The van der Waals surface area contributed by atoms with Gasteiger partial charge in [0.1, 0.15) is 0 Å². The molecule has 1 aromatic carbocycles. The van der Waals surface area contributed by atoms with E-state index in [-0.39, 0.29) is 11.9 Å². The zero-order valence-electron chi connectivity index (χ0n) is 11.0. The summed E-state index contributed by atoms with van der Waals surface area (Å²) in [6, 6.07) is 8.08. The number of para-hydroxylation sites is 1. The second-order valence-corrected chi connectivity index (χ2v) is 6.17. The maximum absolute atomic E-state index is 12.7. The van der Waals surface area contributed by atoms with Gasteiger partial charge in [-0.05, 0) is 61.8 Å². The van der Waals surface area contributed by atoms with Gasteiger partial charge in [0.2, 0.25) is 5.91 Å². The van der Waals surface area contributed by atoms with Crippen LogP contribution in [0.1, 0.15) is 27.2 Å². The molecule has 1 amide bonds. The molecule has 0 bridgehead atoms. The maximum Gasteiger partial charge on any atom is 0.246 e. The van der Waals surface area contributed by atoms with Crippen LogP contribution >= 0.6 is 15.9 Å². The highest BCUT2D eigenvalue weighted by atomic mass is 79.9. The van der Waals surface area contributed by atoms with Gasteiger partial charge in [0.25, 0.3) is 0 Å². The summed E-state index contributed by atoms with van der Waals surface area (Å²) < 4.78 is 0.961. The van der Waals surface area contributed by atoms with Crippen LogP contribution in [0.2, 0.25) is 0 Å². The number of carbonyl (C=O) groups is 1. The van der Waals surface area contributed by atoms with Gasteiger partial charge in [-0.1, -0.05) is 12.1 Å². The van der Waals surface area contributed by atoms with Gasteiger partial charge in [0, 0.05) is 10.5 Å². The van der Waals surface area contributed by atoms with Gasteiger partial charge in [-0.25, -0.2) is 0 Å². The highest BCUT2D eigenvalue weighted by molar-refractivity contribution is 9.10. The van der Waals surface area contributed by atoms with Gasteiger partial charge in [0.15, 0.2) is 0 Å². The normalized spacial score (nSPS) is 23.9.